The van der Waals surface area contributed by atoms with Crippen LogP contribution in [0, 0.1) is 0 Å². The van der Waals surface area contributed by atoms with Crippen LogP contribution in [-0.2, 0) is 14.3 Å². The van der Waals surface area contributed by atoms with Crippen LogP contribution in [0.3, 0.4) is 0 Å². The second-order valence-corrected chi connectivity index (χ2v) is 6.76. The van der Waals surface area contributed by atoms with Gasteiger partial charge in [0, 0.05) is 10.9 Å². The van der Waals surface area contributed by atoms with Gasteiger partial charge >= 0.3 is 5.97 Å². The van der Waals surface area contributed by atoms with E-state index >= 15 is 0 Å². The Morgan fingerprint density at radius 1 is 1.17 bits per heavy atom. The molecule has 1 atom stereocenters. The summed E-state index contributed by atoms with van der Waals surface area (Å²) < 4.78 is 5.02. The van der Waals surface area contributed by atoms with E-state index in [-0.39, 0.29) is 30.3 Å². The number of nitrogens with one attached hydrogen (secondary N) is 1. The third-order valence-electron chi connectivity index (χ3n) is 3.57. The molecule has 0 unspecified atom stereocenters. The number of benzene rings is 2. The standard InChI is InChI=1S/C19H23NO3S/c1-3-6-14(2)20-18(21)12-23-19(22)13-24-17-10-9-15-7-4-5-8-16(15)11-17/h4-5,7-11,14H,3,6,12-13H2,1-2H3,(H,20,21)/t14-/m0/s1. The number of amides is 1. The molecule has 2 aromatic rings. The number of esters is 1. The molecular weight excluding hydrogens is 322 g/mol. The molecule has 0 aliphatic carbocycles. The lowest BCUT2D eigenvalue weighted by Gasteiger charge is -2.12. The van der Waals surface area contributed by atoms with Crippen LogP contribution in [0.2, 0.25) is 0 Å². The number of carbonyl (C=O) groups is 2. The summed E-state index contributed by atoms with van der Waals surface area (Å²) in [4.78, 5) is 24.4. The van der Waals surface area contributed by atoms with E-state index in [0.717, 1.165) is 23.1 Å². The fraction of sp³-hybridized carbons (Fsp3) is 0.368. The van der Waals surface area contributed by atoms with Crippen LogP contribution in [0.5, 0.6) is 0 Å². The quantitative estimate of drug-likeness (QED) is 0.584. The molecule has 5 heteroatoms. The van der Waals surface area contributed by atoms with Crippen LogP contribution in [0.1, 0.15) is 26.7 Å². The van der Waals surface area contributed by atoms with Gasteiger partial charge in [-0.3, -0.25) is 9.59 Å². The molecule has 4 nitrogen and oxygen atoms in total. The summed E-state index contributed by atoms with van der Waals surface area (Å²) >= 11 is 1.41. The predicted molar refractivity (Wildman–Crippen MR) is 98.1 cm³/mol. The minimum absolute atomic E-state index is 0.105. The summed E-state index contributed by atoms with van der Waals surface area (Å²) in [5.74, 6) is -0.442. The van der Waals surface area contributed by atoms with Gasteiger partial charge in [0.1, 0.15) is 0 Å². The molecule has 0 aromatic heterocycles. The van der Waals surface area contributed by atoms with E-state index in [9.17, 15) is 9.59 Å². The molecule has 0 saturated heterocycles. The SMILES string of the molecule is CCC[C@H](C)NC(=O)COC(=O)CSc1ccc2ccccc2c1. The summed E-state index contributed by atoms with van der Waals surface area (Å²) in [7, 11) is 0. The third kappa shape index (κ3) is 5.89. The molecule has 0 fully saturated rings. The summed E-state index contributed by atoms with van der Waals surface area (Å²) in [6, 6.07) is 14.3. The number of carbonyl (C=O) groups excluding carboxylic acids is 2. The Morgan fingerprint density at radius 2 is 1.92 bits per heavy atom. The van der Waals surface area contributed by atoms with Gasteiger partial charge in [-0.05, 0) is 36.2 Å². The molecule has 24 heavy (non-hydrogen) atoms. The van der Waals surface area contributed by atoms with Crippen molar-refractivity contribution in [3.63, 3.8) is 0 Å². The van der Waals surface area contributed by atoms with E-state index in [0.29, 0.717) is 0 Å². The zero-order valence-electron chi connectivity index (χ0n) is 14.1. The third-order valence-corrected chi connectivity index (χ3v) is 4.54. The molecule has 0 spiro atoms. The first-order valence-corrected chi connectivity index (χ1v) is 9.13. The van der Waals surface area contributed by atoms with Crippen molar-refractivity contribution in [2.45, 2.75) is 37.6 Å². The maximum atomic E-state index is 11.8. The highest BCUT2D eigenvalue weighted by molar-refractivity contribution is 8.00. The number of fused-ring (bicyclic) bond motifs is 1. The highest BCUT2D eigenvalue weighted by Gasteiger charge is 2.10. The van der Waals surface area contributed by atoms with Crippen LogP contribution in [0.25, 0.3) is 10.8 Å². The lowest BCUT2D eigenvalue weighted by atomic mass is 10.1. The molecule has 0 aliphatic heterocycles. The van der Waals surface area contributed by atoms with Gasteiger partial charge in [0.05, 0.1) is 5.75 Å². The second kappa shape index (κ2) is 9.33. The van der Waals surface area contributed by atoms with Crippen LogP contribution in [0.15, 0.2) is 47.4 Å². The van der Waals surface area contributed by atoms with E-state index < -0.39 is 0 Å². The topological polar surface area (TPSA) is 55.4 Å². The number of rotatable bonds is 8. The molecule has 0 bridgehead atoms. The number of ether oxygens (including phenoxy) is 1. The van der Waals surface area contributed by atoms with E-state index in [2.05, 4.69) is 18.3 Å². The second-order valence-electron chi connectivity index (χ2n) is 5.72. The molecule has 2 rings (SSSR count). The fourth-order valence-corrected chi connectivity index (χ4v) is 3.15. The molecule has 0 radical (unpaired) electrons. The Balaban J connectivity index is 1.75. The van der Waals surface area contributed by atoms with Crippen molar-refractivity contribution >= 4 is 34.4 Å². The molecule has 2 aromatic carbocycles. The van der Waals surface area contributed by atoms with Gasteiger partial charge in [-0.1, -0.05) is 43.7 Å². The first kappa shape index (κ1) is 18.3. The average Bonchev–Trinajstić information content (AvgIpc) is 2.58. The van der Waals surface area contributed by atoms with Gasteiger partial charge in [0.15, 0.2) is 6.61 Å². The van der Waals surface area contributed by atoms with Gasteiger partial charge < -0.3 is 10.1 Å². The molecule has 128 valence electrons. The van der Waals surface area contributed by atoms with Gasteiger partial charge in [0.25, 0.3) is 5.91 Å². The van der Waals surface area contributed by atoms with Crippen molar-refractivity contribution in [1.29, 1.82) is 0 Å². The molecule has 0 aliphatic rings. The molecule has 1 N–H and O–H groups in total. The number of hydrogen-bond acceptors (Lipinski definition) is 4. The van der Waals surface area contributed by atoms with Crippen molar-refractivity contribution in [2.75, 3.05) is 12.4 Å². The zero-order chi connectivity index (χ0) is 17.4. The van der Waals surface area contributed by atoms with Gasteiger partial charge in [0.2, 0.25) is 0 Å². The summed E-state index contributed by atoms with van der Waals surface area (Å²) in [6.45, 7) is 3.79. The van der Waals surface area contributed by atoms with Crippen LogP contribution >= 0.6 is 11.8 Å². The molecule has 0 heterocycles. The van der Waals surface area contributed by atoms with Crippen molar-refractivity contribution in [2.24, 2.45) is 0 Å². The maximum Gasteiger partial charge on any atom is 0.316 e. The monoisotopic (exact) mass is 345 g/mol. The van der Waals surface area contributed by atoms with Crippen LogP contribution in [-0.4, -0.2) is 30.3 Å². The Bertz CT molecular complexity index is 702. The zero-order valence-corrected chi connectivity index (χ0v) is 14.9. The fourth-order valence-electron chi connectivity index (χ4n) is 2.41. The normalized spacial score (nSPS) is 11.9. The lowest BCUT2D eigenvalue weighted by molar-refractivity contribution is -0.146. The first-order valence-electron chi connectivity index (χ1n) is 8.15. The van der Waals surface area contributed by atoms with Gasteiger partial charge in [-0.15, -0.1) is 11.8 Å². The van der Waals surface area contributed by atoms with Gasteiger partial charge in [-0.25, -0.2) is 0 Å². The predicted octanol–water partition coefficient (Wildman–Crippen LogP) is 3.78. The van der Waals surface area contributed by atoms with Crippen molar-refractivity contribution in [3.05, 3.63) is 42.5 Å². The minimum atomic E-state index is -0.383. The Labute approximate surface area is 147 Å². The maximum absolute atomic E-state index is 11.8. The summed E-state index contributed by atoms with van der Waals surface area (Å²) in [5.41, 5.74) is 0. The highest BCUT2D eigenvalue weighted by Crippen LogP contribution is 2.23. The van der Waals surface area contributed by atoms with Crippen molar-refractivity contribution < 1.29 is 14.3 Å². The smallest absolute Gasteiger partial charge is 0.316 e. The van der Waals surface area contributed by atoms with E-state index in [1.807, 2.05) is 43.3 Å². The molecule has 1 amide bonds. The average molecular weight is 345 g/mol. The van der Waals surface area contributed by atoms with Crippen LogP contribution in [0.4, 0.5) is 0 Å². The van der Waals surface area contributed by atoms with Gasteiger partial charge in [-0.2, -0.15) is 0 Å². The lowest BCUT2D eigenvalue weighted by Crippen LogP contribution is -2.35. The first-order chi connectivity index (χ1) is 11.6. The minimum Gasteiger partial charge on any atom is -0.455 e. The van der Waals surface area contributed by atoms with E-state index in [1.54, 1.807) is 0 Å². The largest absolute Gasteiger partial charge is 0.455 e. The molecular formula is C19H23NO3S. The molecule has 0 saturated carbocycles. The number of thioether (sulfide) groups is 1. The van der Waals surface area contributed by atoms with Crippen molar-refractivity contribution in [1.82, 2.24) is 5.32 Å². The Kier molecular flexibility index (Phi) is 7.12. The number of hydrogen-bond donors (Lipinski definition) is 1. The van der Waals surface area contributed by atoms with Crippen LogP contribution < -0.4 is 5.32 Å². The van der Waals surface area contributed by atoms with Crippen molar-refractivity contribution in [3.8, 4) is 0 Å². The Morgan fingerprint density at radius 3 is 2.67 bits per heavy atom. The highest BCUT2D eigenvalue weighted by atomic mass is 32.2. The summed E-state index contributed by atoms with van der Waals surface area (Å²) in [6.07, 6.45) is 1.92. The summed E-state index contributed by atoms with van der Waals surface area (Å²) in [5, 5.41) is 5.11. The van der Waals surface area contributed by atoms with E-state index in [4.69, 9.17) is 4.74 Å². The van der Waals surface area contributed by atoms with E-state index in [1.165, 1.54) is 17.1 Å². The Hall–Kier alpha value is -2.01.